The number of rotatable bonds is 4. The molecular weight excluding hydrogens is 320 g/mol. The second-order valence-electron chi connectivity index (χ2n) is 7.09. The van der Waals surface area contributed by atoms with Crippen LogP contribution < -0.4 is 10.1 Å². The Hall–Kier alpha value is -0.750. The third-order valence-electron chi connectivity index (χ3n) is 5.63. The predicted molar refractivity (Wildman–Crippen MR) is 99.0 cm³/mol. The quantitative estimate of drug-likeness (QED) is 0.905. The molecule has 2 saturated heterocycles. The number of fused-ring (bicyclic) bond motifs is 1. The van der Waals surface area contributed by atoms with Crippen molar-refractivity contribution in [1.82, 2.24) is 10.2 Å². The van der Waals surface area contributed by atoms with Crippen molar-refractivity contribution in [3.8, 4) is 5.75 Å². The number of morpholine rings is 1. The van der Waals surface area contributed by atoms with Crippen molar-refractivity contribution in [2.45, 2.75) is 30.8 Å². The summed E-state index contributed by atoms with van der Waals surface area (Å²) in [6, 6.07) is 8.95. The average Bonchev–Trinajstić information content (AvgIpc) is 3.03. The van der Waals surface area contributed by atoms with Crippen LogP contribution in [0.1, 0.15) is 30.9 Å². The molecule has 4 nitrogen and oxygen atoms in total. The molecule has 3 aliphatic heterocycles. The summed E-state index contributed by atoms with van der Waals surface area (Å²) in [5, 5.41) is 3.92. The lowest BCUT2D eigenvalue weighted by Gasteiger charge is -2.43. The Morgan fingerprint density at radius 3 is 2.92 bits per heavy atom. The van der Waals surface area contributed by atoms with Crippen molar-refractivity contribution >= 4 is 11.8 Å². The Morgan fingerprint density at radius 2 is 2.08 bits per heavy atom. The van der Waals surface area contributed by atoms with Crippen molar-refractivity contribution in [3.63, 3.8) is 0 Å². The normalized spacial score (nSPS) is 31.2. The first-order valence-corrected chi connectivity index (χ1v) is 10.4. The van der Waals surface area contributed by atoms with E-state index < -0.39 is 0 Å². The molecule has 0 amide bonds. The molecular formula is C19H28N2O2S. The third kappa shape index (κ3) is 3.45. The minimum Gasteiger partial charge on any atom is -0.493 e. The van der Waals surface area contributed by atoms with Gasteiger partial charge in [-0.1, -0.05) is 18.2 Å². The molecule has 24 heavy (non-hydrogen) atoms. The highest BCUT2D eigenvalue weighted by atomic mass is 32.2. The fourth-order valence-corrected chi connectivity index (χ4v) is 5.66. The van der Waals surface area contributed by atoms with E-state index in [9.17, 15) is 0 Å². The minimum absolute atomic E-state index is 0.302. The van der Waals surface area contributed by atoms with Gasteiger partial charge in [-0.25, -0.2) is 0 Å². The van der Waals surface area contributed by atoms with Gasteiger partial charge in [-0.05, 0) is 31.1 Å². The molecule has 4 rings (SSSR count). The van der Waals surface area contributed by atoms with Gasteiger partial charge in [0, 0.05) is 42.5 Å². The molecule has 1 aromatic rings. The van der Waals surface area contributed by atoms with E-state index in [1.807, 2.05) is 0 Å². The molecule has 1 N–H and O–H groups in total. The summed E-state index contributed by atoms with van der Waals surface area (Å²) in [5.74, 6) is 3.59. The Labute approximate surface area is 149 Å². The van der Waals surface area contributed by atoms with Gasteiger partial charge in [-0.15, -0.1) is 0 Å². The zero-order valence-corrected chi connectivity index (χ0v) is 15.2. The molecule has 2 fully saturated rings. The number of nitrogens with one attached hydrogen (secondary N) is 1. The zero-order valence-electron chi connectivity index (χ0n) is 14.3. The summed E-state index contributed by atoms with van der Waals surface area (Å²) in [5.41, 5.74) is 1.63. The summed E-state index contributed by atoms with van der Waals surface area (Å²) in [6.45, 7) is 5.82. The number of thioether (sulfide) groups is 1. The maximum Gasteiger partial charge on any atom is 0.124 e. The summed E-state index contributed by atoms with van der Waals surface area (Å²) in [6.07, 6.45) is 3.56. The second-order valence-corrected chi connectivity index (χ2v) is 8.19. The molecule has 3 aliphatic rings. The average molecular weight is 349 g/mol. The Bertz CT molecular complexity index is 542. The molecule has 0 unspecified atom stereocenters. The Morgan fingerprint density at radius 1 is 1.21 bits per heavy atom. The first-order chi connectivity index (χ1) is 11.9. The third-order valence-corrected chi connectivity index (χ3v) is 6.87. The van der Waals surface area contributed by atoms with Crippen LogP contribution in [0.5, 0.6) is 5.75 Å². The van der Waals surface area contributed by atoms with Crippen LogP contribution in [-0.4, -0.2) is 61.4 Å². The molecule has 2 atom stereocenters. The van der Waals surface area contributed by atoms with Crippen LogP contribution in [0.25, 0.3) is 0 Å². The van der Waals surface area contributed by atoms with Gasteiger partial charge in [0.15, 0.2) is 0 Å². The highest BCUT2D eigenvalue weighted by Gasteiger charge is 2.41. The van der Waals surface area contributed by atoms with Gasteiger partial charge < -0.3 is 14.8 Å². The monoisotopic (exact) mass is 348 g/mol. The topological polar surface area (TPSA) is 33.7 Å². The number of para-hydroxylation sites is 1. The standard InChI is InChI=1S/C19H28N2O2S/c1-2-6-18-16(4-1)17(5-3-10-23-18)20-14-19(7-13-24-15-19)21-8-11-22-12-9-21/h1-2,4,6,17,20H,3,5,7-15H2/t17-,19-/m1/s1. The maximum absolute atomic E-state index is 5.92. The van der Waals surface area contributed by atoms with Gasteiger partial charge in [0.1, 0.15) is 5.75 Å². The number of nitrogens with zero attached hydrogens (tertiary/aromatic N) is 1. The number of hydrogen-bond donors (Lipinski definition) is 1. The Kier molecular flexibility index (Phi) is 5.32. The molecule has 1 aromatic carbocycles. The molecule has 3 heterocycles. The van der Waals surface area contributed by atoms with E-state index in [1.54, 1.807) is 0 Å². The van der Waals surface area contributed by atoms with E-state index in [1.165, 1.54) is 23.5 Å². The van der Waals surface area contributed by atoms with Gasteiger partial charge in [-0.3, -0.25) is 4.90 Å². The SMILES string of the molecule is c1ccc2c(c1)OCCC[C@H]2NC[C@]1(N2CCOCC2)CCSC1. The number of ether oxygens (including phenoxy) is 2. The lowest BCUT2D eigenvalue weighted by Crippen LogP contribution is -2.58. The Balaban J connectivity index is 1.48. The lowest BCUT2D eigenvalue weighted by molar-refractivity contribution is -0.0141. The molecule has 0 aromatic heterocycles. The van der Waals surface area contributed by atoms with Crippen LogP contribution in [0.3, 0.4) is 0 Å². The lowest BCUT2D eigenvalue weighted by atomic mass is 9.93. The number of benzene rings is 1. The van der Waals surface area contributed by atoms with Gasteiger partial charge in [0.25, 0.3) is 0 Å². The van der Waals surface area contributed by atoms with Gasteiger partial charge in [0.05, 0.1) is 19.8 Å². The van der Waals surface area contributed by atoms with Crippen molar-refractivity contribution in [2.75, 3.05) is 51.0 Å². The minimum atomic E-state index is 0.302. The van der Waals surface area contributed by atoms with Gasteiger partial charge in [-0.2, -0.15) is 11.8 Å². The summed E-state index contributed by atoms with van der Waals surface area (Å²) < 4.78 is 11.5. The molecule has 0 saturated carbocycles. The van der Waals surface area contributed by atoms with Crippen molar-refractivity contribution in [1.29, 1.82) is 0 Å². The molecule has 132 valence electrons. The van der Waals surface area contributed by atoms with Crippen LogP contribution >= 0.6 is 11.8 Å². The van der Waals surface area contributed by atoms with E-state index in [4.69, 9.17) is 9.47 Å². The van der Waals surface area contributed by atoms with E-state index in [0.29, 0.717) is 11.6 Å². The smallest absolute Gasteiger partial charge is 0.124 e. The predicted octanol–water partition coefficient (Wildman–Crippen LogP) is 2.70. The highest BCUT2D eigenvalue weighted by molar-refractivity contribution is 7.99. The molecule has 0 spiro atoms. The van der Waals surface area contributed by atoms with E-state index in [0.717, 1.165) is 58.0 Å². The molecule has 0 aliphatic carbocycles. The largest absolute Gasteiger partial charge is 0.493 e. The fourth-order valence-electron chi connectivity index (χ4n) is 4.18. The molecule has 5 heteroatoms. The summed E-state index contributed by atoms with van der Waals surface area (Å²) in [7, 11) is 0. The molecule has 0 radical (unpaired) electrons. The summed E-state index contributed by atoms with van der Waals surface area (Å²) >= 11 is 2.10. The van der Waals surface area contributed by atoms with E-state index in [-0.39, 0.29) is 0 Å². The fraction of sp³-hybridized carbons (Fsp3) is 0.684. The number of hydrogen-bond acceptors (Lipinski definition) is 5. The van der Waals surface area contributed by atoms with Crippen molar-refractivity contribution < 1.29 is 9.47 Å². The van der Waals surface area contributed by atoms with E-state index in [2.05, 4.69) is 46.2 Å². The first-order valence-electron chi connectivity index (χ1n) is 9.23. The van der Waals surface area contributed by atoms with Crippen LogP contribution in [0.2, 0.25) is 0 Å². The van der Waals surface area contributed by atoms with Crippen LogP contribution in [0, 0.1) is 0 Å². The zero-order chi connectivity index (χ0) is 16.2. The van der Waals surface area contributed by atoms with Gasteiger partial charge in [0.2, 0.25) is 0 Å². The van der Waals surface area contributed by atoms with Crippen molar-refractivity contribution in [3.05, 3.63) is 29.8 Å². The second kappa shape index (κ2) is 7.65. The van der Waals surface area contributed by atoms with E-state index >= 15 is 0 Å². The molecule has 0 bridgehead atoms. The first kappa shape index (κ1) is 16.7. The summed E-state index contributed by atoms with van der Waals surface area (Å²) in [4.78, 5) is 2.68. The van der Waals surface area contributed by atoms with Crippen LogP contribution in [-0.2, 0) is 4.74 Å². The van der Waals surface area contributed by atoms with Crippen molar-refractivity contribution in [2.24, 2.45) is 0 Å². The van der Waals surface area contributed by atoms with Crippen LogP contribution in [0.4, 0.5) is 0 Å². The van der Waals surface area contributed by atoms with Crippen LogP contribution in [0.15, 0.2) is 24.3 Å². The maximum atomic E-state index is 5.92. The highest BCUT2D eigenvalue weighted by Crippen LogP contribution is 2.36. The van der Waals surface area contributed by atoms with Gasteiger partial charge >= 0.3 is 0 Å².